The predicted molar refractivity (Wildman–Crippen MR) is 70.7 cm³/mol. The number of hydrogen-bond donors (Lipinski definition) is 1. The quantitative estimate of drug-likeness (QED) is 0.862. The van der Waals surface area contributed by atoms with Crippen LogP contribution >= 0.6 is 11.6 Å². The molecule has 1 aliphatic heterocycles. The van der Waals surface area contributed by atoms with Crippen molar-refractivity contribution in [2.75, 3.05) is 11.5 Å². The van der Waals surface area contributed by atoms with Gasteiger partial charge in [-0.05, 0) is 38.0 Å². The Morgan fingerprint density at radius 3 is 2.88 bits per heavy atom. The van der Waals surface area contributed by atoms with Gasteiger partial charge in [0.05, 0.1) is 38.7 Å². The summed E-state index contributed by atoms with van der Waals surface area (Å²) in [6.07, 6.45) is 2.37. The molecule has 3 atom stereocenters. The maximum atomic E-state index is 12.1. The van der Waals surface area contributed by atoms with Crippen molar-refractivity contribution in [2.24, 2.45) is 0 Å². The van der Waals surface area contributed by atoms with Crippen molar-refractivity contribution < 1.29 is 8.95 Å². The Morgan fingerprint density at radius 1 is 1.53 bits per heavy atom. The molecular weight excluding hydrogens is 258 g/mol. The Morgan fingerprint density at radius 2 is 2.29 bits per heavy atom. The Bertz CT molecular complexity index is 439. The van der Waals surface area contributed by atoms with Crippen LogP contribution in [0.5, 0.6) is 0 Å². The van der Waals surface area contributed by atoms with Gasteiger partial charge >= 0.3 is 0 Å². The number of nitrogens with two attached hydrogens (primary N) is 1. The second kappa shape index (κ2) is 5.38. The van der Waals surface area contributed by atoms with E-state index in [9.17, 15) is 4.21 Å². The van der Waals surface area contributed by atoms with Gasteiger partial charge in [0, 0.05) is 5.69 Å². The van der Waals surface area contributed by atoms with E-state index in [1.807, 2.05) is 6.92 Å². The number of nitrogen functional groups attached to an aromatic ring is 1. The van der Waals surface area contributed by atoms with E-state index in [4.69, 9.17) is 22.1 Å². The highest BCUT2D eigenvalue weighted by Crippen LogP contribution is 2.26. The standard InChI is InChI=1S/C12H16ClNO2S/c1-8-2-4-10(16-8)7-17(15)12-5-3-9(14)6-11(12)13/h3,5-6,8,10H,2,4,7,14H2,1H3. The first-order chi connectivity index (χ1) is 8.06. The fraction of sp³-hybridized carbons (Fsp3) is 0.500. The fourth-order valence-corrected chi connectivity index (χ4v) is 3.67. The Balaban J connectivity index is 2.04. The molecule has 94 valence electrons. The molecule has 0 amide bonds. The first kappa shape index (κ1) is 12.9. The third-order valence-corrected chi connectivity index (χ3v) is 4.80. The molecule has 2 rings (SSSR count). The van der Waals surface area contributed by atoms with E-state index in [2.05, 4.69) is 0 Å². The lowest BCUT2D eigenvalue weighted by Crippen LogP contribution is -2.17. The van der Waals surface area contributed by atoms with E-state index in [0.717, 1.165) is 12.8 Å². The van der Waals surface area contributed by atoms with E-state index < -0.39 is 10.8 Å². The van der Waals surface area contributed by atoms with Crippen LogP contribution in [0, 0.1) is 0 Å². The summed E-state index contributed by atoms with van der Waals surface area (Å²) in [4.78, 5) is 0.643. The molecule has 0 saturated carbocycles. The molecule has 1 aliphatic rings. The summed E-state index contributed by atoms with van der Waals surface area (Å²) < 4.78 is 17.8. The molecule has 0 aliphatic carbocycles. The molecule has 1 saturated heterocycles. The molecule has 1 heterocycles. The van der Waals surface area contributed by atoms with Crippen LogP contribution in [0.1, 0.15) is 19.8 Å². The van der Waals surface area contributed by atoms with Crippen LogP contribution in [-0.4, -0.2) is 22.2 Å². The summed E-state index contributed by atoms with van der Waals surface area (Å²) in [6.45, 7) is 2.04. The van der Waals surface area contributed by atoms with Crippen molar-refractivity contribution >= 4 is 28.1 Å². The van der Waals surface area contributed by atoms with Crippen LogP contribution in [0.15, 0.2) is 23.1 Å². The van der Waals surface area contributed by atoms with Gasteiger partial charge in [-0.2, -0.15) is 0 Å². The number of rotatable bonds is 3. The maximum Gasteiger partial charge on any atom is 0.0698 e. The summed E-state index contributed by atoms with van der Waals surface area (Å²) in [6, 6.07) is 5.08. The second-order valence-corrected chi connectivity index (χ2v) is 6.22. The lowest BCUT2D eigenvalue weighted by Gasteiger charge is -2.11. The molecule has 0 radical (unpaired) electrons. The lowest BCUT2D eigenvalue weighted by molar-refractivity contribution is 0.0695. The van der Waals surface area contributed by atoms with Gasteiger partial charge in [-0.25, -0.2) is 0 Å². The summed E-state index contributed by atoms with van der Waals surface area (Å²) in [5.41, 5.74) is 6.19. The molecule has 1 fully saturated rings. The van der Waals surface area contributed by atoms with E-state index in [0.29, 0.717) is 21.4 Å². The SMILES string of the molecule is CC1CCC(CS(=O)c2ccc(N)cc2Cl)O1. The van der Waals surface area contributed by atoms with Gasteiger partial charge < -0.3 is 10.5 Å². The van der Waals surface area contributed by atoms with Crippen LogP contribution in [0.25, 0.3) is 0 Å². The zero-order valence-electron chi connectivity index (χ0n) is 9.69. The van der Waals surface area contributed by atoms with Gasteiger partial charge in [-0.15, -0.1) is 0 Å². The maximum absolute atomic E-state index is 12.1. The number of halogens is 1. The highest BCUT2D eigenvalue weighted by molar-refractivity contribution is 7.85. The van der Waals surface area contributed by atoms with Crippen molar-refractivity contribution in [3.8, 4) is 0 Å². The highest BCUT2D eigenvalue weighted by atomic mass is 35.5. The van der Waals surface area contributed by atoms with Gasteiger partial charge in [0.25, 0.3) is 0 Å². The fourth-order valence-electron chi connectivity index (χ4n) is 1.97. The third kappa shape index (κ3) is 3.21. The van der Waals surface area contributed by atoms with Crippen LogP contribution in [0.2, 0.25) is 5.02 Å². The lowest BCUT2D eigenvalue weighted by atomic mass is 10.2. The molecule has 1 aromatic rings. The number of hydrogen-bond acceptors (Lipinski definition) is 3. The average Bonchev–Trinajstić information content (AvgIpc) is 2.63. The van der Waals surface area contributed by atoms with Gasteiger partial charge in [0.15, 0.2) is 0 Å². The molecule has 0 bridgehead atoms. The molecule has 0 aromatic heterocycles. The first-order valence-corrected chi connectivity index (χ1v) is 7.35. The molecular formula is C12H16ClNO2S. The number of ether oxygens (including phenoxy) is 1. The minimum absolute atomic E-state index is 0.0828. The summed E-state index contributed by atoms with van der Waals surface area (Å²) in [5, 5.41) is 0.467. The zero-order chi connectivity index (χ0) is 12.4. The molecule has 1 aromatic carbocycles. The Kier molecular flexibility index (Phi) is 4.07. The van der Waals surface area contributed by atoms with Crippen LogP contribution < -0.4 is 5.73 Å². The summed E-state index contributed by atoms with van der Waals surface area (Å²) in [7, 11) is -1.12. The third-order valence-electron chi connectivity index (χ3n) is 2.86. The monoisotopic (exact) mass is 273 g/mol. The van der Waals surface area contributed by atoms with Crippen molar-refractivity contribution in [3.05, 3.63) is 23.2 Å². The van der Waals surface area contributed by atoms with Crippen molar-refractivity contribution in [1.82, 2.24) is 0 Å². The van der Waals surface area contributed by atoms with Crippen LogP contribution in [0.4, 0.5) is 5.69 Å². The van der Waals surface area contributed by atoms with Gasteiger partial charge in [0.2, 0.25) is 0 Å². The van der Waals surface area contributed by atoms with Crippen LogP contribution in [0.3, 0.4) is 0 Å². The Hall–Kier alpha value is -0.580. The first-order valence-electron chi connectivity index (χ1n) is 5.65. The summed E-state index contributed by atoms with van der Waals surface area (Å²) >= 11 is 6.02. The molecule has 3 nitrogen and oxygen atoms in total. The largest absolute Gasteiger partial charge is 0.399 e. The smallest absolute Gasteiger partial charge is 0.0698 e. The van der Waals surface area contributed by atoms with E-state index in [1.54, 1.807) is 18.2 Å². The van der Waals surface area contributed by atoms with Gasteiger partial charge in [-0.3, -0.25) is 4.21 Å². The average molecular weight is 274 g/mol. The van der Waals surface area contributed by atoms with Gasteiger partial charge in [0.1, 0.15) is 0 Å². The molecule has 17 heavy (non-hydrogen) atoms. The minimum atomic E-state index is -1.12. The molecule has 5 heteroatoms. The summed E-state index contributed by atoms with van der Waals surface area (Å²) in [5.74, 6) is 0.508. The number of anilines is 1. The molecule has 2 N–H and O–H groups in total. The minimum Gasteiger partial charge on any atom is -0.399 e. The predicted octanol–water partition coefficient (Wildman–Crippen LogP) is 2.60. The number of benzene rings is 1. The van der Waals surface area contributed by atoms with Crippen molar-refractivity contribution in [2.45, 2.75) is 36.9 Å². The van der Waals surface area contributed by atoms with Crippen molar-refractivity contribution in [1.29, 1.82) is 0 Å². The van der Waals surface area contributed by atoms with Crippen LogP contribution in [-0.2, 0) is 15.5 Å². The van der Waals surface area contributed by atoms with Gasteiger partial charge in [-0.1, -0.05) is 11.6 Å². The molecule has 0 spiro atoms. The van der Waals surface area contributed by atoms with Crippen molar-refractivity contribution in [3.63, 3.8) is 0 Å². The van der Waals surface area contributed by atoms with E-state index in [1.165, 1.54) is 0 Å². The van der Waals surface area contributed by atoms with E-state index >= 15 is 0 Å². The topological polar surface area (TPSA) is 52.3 Å². The Labute approximate surface area is 109 Å². The second-order valence-electron chi connectivity index (χ2n) is 4.35. The normalized spacial score (nSPS) is 26.0. The zero-order valence-corrected chi connectivity index (χ0v) is 11.3. The van der Waals surface area contributed by atoms with E-state index in [-0.39, 0.29) is 12.2 Å². The molecule has 3 unspecified atom stereocenters. The highest BCUT2D eigenvalue weighted by Gasteiger charge is 2.24.